The monoisotopic (exact) mass is 385 g/mol. The number of hydrogen-bond donors (Lipinski definition) is 0. The molecule has 0 bridgehead atoms. The van der Waals surface area contributed by atoms with E-state index in [9.17, 15) is 0 Å². The van der Waals surface area contributed by atoms with Crippen molar-refractivity contribution in [2.45, 2.75) is 0 Å². The number of hydrogen-bond acceptors (Lipinski definition) is 4. The second-order valence-corrected chi connectivity index (χ2v) is 6.92. The van der Waals surface area contributed by atoms with Gasteiger partial charge in [-0.2, -0.15) is 0 Å². The first-order valence-corrected chi connectivity index (χ1v) is 9.34. The number of fused-ring (bicyclic) bond motifs is 1. The van der Waals surface area contributed by atoms with Crippen molar-refractivity contribution in [3.63, 3.8) is 0 Å². The van der Waals surface area contributed by atoms with Crippen LogP contribution in [0, 0.1) is 0 Å². The van der Waals surface area contributed by atoms with Crippen molar-refractivity contribution in [2.75, 3.05) is 14.1 Å². The van der Waals surface area contributed by atoms with Crippen molar-refractivity contribution in [2.24, 2.45) is 0 Å². The SMILES string of the molecule is CN(C)C(=S)Oc1ccc2nc(-c3ccccc3)c(-c3ccccc3)nc2c1. The van der Waals surface area contributed by atoms with Crippen molar-refractivity contribution in [1.82, 2.24) is 14.9 Å². The third-order valence-corrected chi connectivity index (χ3v) is 4.75. The van der Waals surface area contributed by atoms with E-state index in [1.54, 1.807) is 4.90 Å². The van der Waals surface area contributed by atoms with Gasteiger partial charge in [0, 0.05) is 31.3 Å². The molecule has 0 amide bonds. The average Bonchev–Trinajstić information content (AvgIpc) is 2.74. The number of nitrogens with zero attached hydrogens (tertiary/aromatic N) is 3. The minimum absolute atomic E-state index is 0.400. The van der Waals surface area contributed by atoms with Gasteiger partial charge in [-0.15, -0.1) is 0 Å². The van der Waals surface area contributed by atoms with Crippen LogP contribution in [0.5, 0.6) is 5.75 Å². The van der Waals surface area contributed by atoms with Crippen LogP contribution in [0.2, 0.25) is 0 Å². The van der Waals surface area contributed by atoms with Crippen LogP contribution < -0.4 is 4.74 Å². The van der Waals surface area contributed by atoms with Gasteiger partial charge < -0.3 is 9.64 Å². The van der Waals surface area contributed by atoms with Gasteiger partial charge in [0.25, 0.3) is 5.17 Å². The molecule has 0 fully saturated rings. The zero-order chi connectivity index (χ0) is 19.5. The Labute approximate surface area is 169 Å². The maximum Gasteiger partial charge on any atom is 0.264 e. The van der Waals surface area contributed by atoms with Crippen molar-refractivity contribution in [1.29, 1.82) is 0 Å². The molecule has 4 aromatic rings. The Kier molecular flexibility index (Phi) is 5.00. The molecule has 0 radical (unpaired) electrons. The summed E-state index contributed by atoms with van der Waals surface area (Å²) in [6, 6.07) is 25.9. The fourth-order valence-electron chi connectivity index (χ4n) is 2.88. The highest BCUT2D eigenvalue weighted by Gasteiger charge is 2.14. The highest BCUT2D eigenvalue weighted by Crippen LogP contribution is 2.31. The standard InChI is InChI=1S/C23H19N3OS/c1-26(2)23(28)27-18-13-14-19-20(15-18)25-22(17-11-7-4-8-12-17)21(24-19)16-9-5-3-6-10-16/h3-15H,1-2H3. The molecule has 1 aromatic heterocycles. The Morgan fingerprint density at radius 3 is 1.82 bits per heavy atom. The van der Waals surface area contributed by atoms with Gasteiger partial charge in [-0.25, -0.2) is 9.97 Å². The lowest BCUT2D eigenvalue weighted by molar-refractivity contribution is 0.450. The maximum atomic E-state index is 5.73. The van der Waals surface area contributed by atoms with Gasteiger partial charge in [0.15, 0.2) is 0 Å². The summed E-state index contributed by atoms with van der Waals surface area (Å²) in [5.74, 6) is 0.645. The van der Waals surface area contributed by atoms with Gasteiger partial charge >= 0.3 is 0 Å². The van der Waals surface area contributed by atoms with E-state index in [1.807, 2.05) is 80.8 Å². The van der Waals surface area contributed by atoms with E-state index >= 15 is 0 Å². The van der Waals surface area contributed by atoms with Crippen molar-refractivity contribution < 1.29 is 4.74 Å². The number of aromatic nitrogens is 2. The molecule has 1 heterocycles. The van der Waals surface area contributed by atoms with Crippen LogP contribution in [0.4, 0.5) is 0 Å². The van der Waals surface area contributed by atoms with Crippen LogP contribution in [0.3, 0.4) is 0 Å². The summed E-state index contributed by atoms with van der Waals surface area (Å²) in [6.07, 6.45) is 0. The fourth-order valence-corrected chi connectivity index (χ4v) is 2.98. The molecule has 0 aliphatic carbocycles. The Balaban J connectivity index is 1.88. The first kappa shape index (κ1) is 18.1. The van der Waals surface area contributed by atoms with E-state index < -0.39 is 0 Å². The molecule has 0 saturated heterocycles. The van der Waals surface area contributed by atoms with Crippen LogP contribution in [0.1, 0.15) is 0 Å². The molecule has 4 rings (SSSR count). The summed E-state index contributed by atoms with van der Waals surface area (Å²) in [5, 5.41) is 0.400. The predicted octanol–water partition coefficient (Wildman–Crippen LogP) is 5.19. The van der Waals surface area contributed by atoms with Gasteiger partial charge in [-0.3, -0.25) is 0 Å². The van der Waals surface area contributed by atoms with E-state index in [4.69, 9.17) is 26.9 Å². The highest BCUT2D eigenvalue weighted by molar-refractivity contribution is 7.80. The normalized spacial score (nSPS) is 10.6. The van der Waals surface area contributed by atoms with Gasteiger partial charge in [-0.05, 0) is 24.4 Å². The largest absolute Gasteiger partial charge is 0.432 e. The number of rotatable bonds is 3. The molecule has 138 valence electrons. The molecule has 0 N–H and O–H groups in total. The molecule has 0 aliphatic rings. The molecule has 4 nitrogen and oxygen atoms in total. The maximum absolute atomic E-state index is 5.73. The molecule has 0 saturated carbocycles. The minimum Gasteiger partial charge on any atom is -0.432 e. The zero-order valence-electron chi connectivity index (χ0n) is 15.7. The topological polar surface area (TPSA) is 38.2 Å². The molecule has 5 heteroatoms. The second kappa shape index (κ2) is 7.74. The van der Waals surface area contributed by atoms with Gasteiger partial charge in [-0.1, -0.05) is 60.7 Å². The highest BCUT2D eigenvalue weighted by atomic mass is 32.1. The quantitative estimate of drug-likeness (QED) is 0.454. The molecular formula is C23H19N3OS. The fraction of sp³-hybridized carbons (Fsp3) is 0.0870. The van der Waals surface area contributed by atoms with E-state index in [-0.39, 0.29) is 0 Å². The molecular weight excluding hydrogens is 366 g/mol. The lowest BCUT2D eigenvalue weighted by Crippen LogP contribution is -2.24. The molecule has 3 aromatic carbocycles. The molecule has 0 atom stereocenters. The molecule has 0 aliphatic heterocycles. The molecule has 28 heavy (non-hydrogen) atoms. The summed E-state index contributed by atoms with van der Waals surface area (Å²) in [7, 11) is 3.70. The van der Waals surface area contributed by atoms with Gasteiger partial charge in [0.05, 0.1) is 22.4 Å². The molecule has 0 spiro atoms. The van der Waals surface area contributed by atoms with Crippen LogP contribution in [0.15, 0.2) is 78.9 Å². The first-order valence-electron chi connectivity index (χ1n) is 8.93. The Morgan fingerprint density at radius 1 is 0.750 bits per heavy atom. The molecule has 0 unspecified atom stereocenters. The van der Waals surface area contributed by atoms with Crippen LogP contribution in [0.25, 0.3) is 33.5 Å². The van der Waals surface area contributed by atoms with Crippen LogP contribution in [-0.4, -0.2) is 34.1 Å². The van der Waals surface area contributed by atoms with E-state index in [0.29, 0.717) is 10.9 Å². The lowest BCUT2D eigenvalue weighted by atomic mass is 10.0. The Hall–Kier alpha value is -3.31. The Bertz CT molecular complexity index is 1130. The summed E-state index contributed by atoms with van der Waals surface area (Å²) in [4.78, 5) is 11.6. The van der Waals surface area contributed by atoms with E-state index in [1.165, 1.54) is 0 Å². The number of benzene rings is 3. The summed E-state index contributed by atoms with van der Waals surface area (Å²) in [5.41, 5.74) is 5.32. The third kappa shape index (κ3) is 3.70. The van der Waals surface area contributed by atoms with Crippen LogP contribution in [-0.2, 0) is 0 Å². The first-order chi connectivity index (χ1) is 13.6. The minimum atomic E-state index is 0.400. The van der Waals surface area contributed by atoms with Crippen LogP contribution >= 0.6 is 12.2 Å². The van der Waals surface area contributed by atoms with Gasteiger partial charge in [0.2, 0.25) is 0 Å². The number of thiocarbonyl (C=S) groups is 1. The smallest absolute Gasteiger partial charge is 0.264 e. The summed E-state index contributed by atoms with van der Waals surface area (Å²) in [6.45, 7) is 0. The summed E-state index contributed by atoms with van der Waals surface area (Å²) >= 11 is 5.24. The number of ether oxygens (including phenoxy) is 1. The predicted molar refractivity (Wildman–Crippen MR) is 117 cm³/mol. The average molecular weight is 385 g/mol. The Morgan fingerprint density at radius 2 is 1.29 bits per heavy atom. The van der Waals surface area contributed by atoms with E-state index in [0.717, 1.165) is 33.5 Å². The van der Waals surface area contributed by atoms with E-state index in [2.05, 4.69) is 12.1 Å². The second-order valence-electron chi connectivity index (χ2n) is 6.57. The zero-order valence-corrected chi connectivity index (χ0v) is 16.5. The van der Waals surface area contributed by atoms with Crippen molar-refractivity contribution in [3.8, 4) is 28.3 Å². The summed E-state index contributed by atoms with van der Waals surface area (Å²) < 4.78 is 5.73. The van der Waals surface area contributed by atoms with Crippen molar-refractivity contribution >= 4 is 28.4 Å². The van der Waals surface area contributed by atoms with Crippen molar-refractivity contribution in [3.05, 3.63) is 78.9 Å². The lowest BCUT2D eigenvalue weighted by Gasteiger charge is -2.15. The van der Waals surface area contributed by atoms with Gasteiger partial charge in [0.1, 0.15) is 5.75 Å². The third-order valence-electron chi connectivity index (χ3n) is 4.30.